The lowest BCUT2D eigenvalue weighted by Crippen LogP contribution is -2.24. The molecule has 0 bridgehead atoms. The van der Waals surface area contributed by atoms with Crippen LogP contribution in [0.2, 0.25) is 0 Å². The van der Waals surface area contributed by atoms with Gasteiger partial charge < -0.3 is 16.0 Å². The molecule has 1 saturated heterocycles. The summed E-state index contributed by atoms with van der Waals surface area (Å²) in [6.45, 7) is 3.12. The van der Waals surface area contributed by atoms with Gasteiger partial charge in [0.1, 0.15) is 0 Å². The van der Waals surface area contributed by atoms with Crippen molar-refractivity contribution in [2.45, 2.75) is 6.42 Å². The Kier molecular flexibility index (Phi) is 3.98. The van der Waals surface area contributed by atoms with Crippen LogP contribution < -0.4 is 11.1 Å². The second kappa shape index (κ2) is 5.68. The number of nitrogens with one attached hydrogen (secondary N) is 1. The van der Waals surface area contributed by atoms with E-state index in [0.717, 1.165) is 18.8 Å². The van der Waals surface area contributed by atoms with Gasteiger partial charge in [-0.2, -0.15) is 0 Å². The van der Waals surface area contributed by atoms with Gasteiger partial charge in [0.05, 0.1) is 0 Å². The van der Waals surface area contributed by atoms with E-state index < -0.39 is 0 Å². The molecule has 0 aliphatic carbocycles. The lowest BCUT2D eigenvalue weighted by Gasteiger charge is -2.09. The largest absolute Gasteiger partial charge is 0.370 e. The fourth-order valence-corrected chi connectivity index (χ4v) is 2.11. The molecule has 92 valence electrons. The van der Waals surface area contributed by atoms with Crippen LogP contribution in [0.1, 0.15) is 6.42 Å². The molecule has 0 amide bonds. The van der Waals surface area contributed by atoms with E-state index in [0.29, 0.717) is 11.9 Å². The van der Waals surface area contributed by atoms with E-state index in [9.17, 15) is 0 Å². The van der Waals surface area contributed by atoms with Crippen LogP contribution in [0, 0.1) is 5.92 Å². The highest BCUT2D eigenvalue weighted by Gasteiger charge is 2.18. The maximum atomic E-state index is 5.84. The standard InChI is InChI=1S/C13H20N4/c1-17-8-7-11(10-17)9-15-13(14)16-12-5-3-2-4-6-12/h2-6,11H,7-10H2,1H3,(H3,14,15,16). The molecule has 1 unspecified atom stereocenters. The van der Waals surface area contributed by atoms with Crippen molar-refractivity contribution < 1.29 is 0 Å². The molecular weight excluding hydrogens is 212 g/mol. The molecule has 1 aliphatic heterocycles. The van der Waals surface area contributed by atoms with Crippen LogP contribution in [0.5, 0.6) is 0 Å². The van der Waals surface area contributed by atoms with Gasteiger partial charge in [0.25, 0.3) is 0 Å². The molecule has 0 spiro atoms. The van der Waals surface area contributed by atoms with Gasteiger partial charge in [0.2, 0.25) is 0 Å². The fraction of sp³-hybridized carbons (Fsp3) is 0.462. The van der Waals surface area contributed by atoms with Gasteiger partial charge in [0, 0.05) is 18.8 Å². The van der Waals surface area contributed by atoms with Crippen molar-refractivity contribution in [2.24, 2.45) is 16.6 Å². The average Bonchev–Trinajstić information content (AvgIpc) is 2.74. The highest BCUT2D eigenvalue weighted by molar-refractivity contribution is 5.92. The van der Waals surface area contributed by atoms with Crippen molar-refractivity contribution >= 4 is 11.6 Å². The second-order valence-corrected chi connectivity index (χ2v) is 4.63. The number of hydrogen-bond acceptors (Lipinski definition) is 2. The van der Waals surface area contributed by atoms with Gasteiger partial charge in [-0.1, -0.05) is 18.2 Å². The van der Waals surface area contributed by atoms with E-state index in [4.69, 9.17) is 5.73 Å². The van der Waals surface area contributed by atoms with E-state index in [1.807, 2.05) is 30.3 Å². The Hall–Kier alpha value is -1.55. The molecule has 3 N–H and O–H groups in total. The SMILES string of the molecule is CN1CCC(CN=C(N)Nc2ccccc2)C1. The Balaban J connectivity index is 1.81. The number of para-hydroxylation sites is 1. The molecule has 17 heavy (non-hydrogen) atoms. The summed E-state index contributed by atoms with van der Waals surface area (Å²) in [4.78, 5) is 6.73. The van der Waals surface area contributed by atoms with E-state index in [-0.39, 0.29) is 0 Å². The molecule has 4 heteroatoms. The average molecular weight is 232 g/mol. The van der Waals surface area contributed by atoms with Crippen LogP contribution in [0.25, 0.3) is 0 Å². The fourth-order valence-electron chi connectivity index (χ4n) is 2.11. The Labute approximate surface area is 103 Å². The maximum absolute atomic E-state index is 5.84. The van der Waals surface area contributed by atoms with Crippen LogP contribution in [-0.2, 0) is 0 Å². The van der Waals surface area contributed by atoms with Crippen LogP contribution in [-0.4, -0.2) is 37.5 Å². The minimum atomic E-state index is 0.505. The first-order valence-corrected chi connectivity index (χ1v) is 6.04. The topological polar surface area (TPSA) is 53.6 Å². The third-order valence-corrected chi connectivity index (χ3v) is 3.05. The summed E-state index contributed by atoms with van der Waals surface area (Å²) in [5, 5.41) is 3.09. The second-order valence-electron chi connectivity index (χ2n) is 4.63. The Morgan fingerprint density at radius 1 is 1.47 bits per heavy atom. The van der Waals surface area contributed by atoms with E-state index in [1.54, 1.807) is 0 Å². The minimum Gasteiger partial charge on any atom is -0.370 e. The number of anilines is 1. The Bertz CT molecular complexity index is 374. The summed E-state index contributed by atoms with van der Waals surface area (Å²) in [5.74, 6) is 1.15. The molecule has 1 atom stereocenters. The number of rotatable bonds is 3. The maximum Gasteiger partial charge on any atom is 0.193 e. The smallest absolute Gasteiger partial charge is 0.193 e. The third-order valence-electron chi connectivity index (χ3n) is 3.05. The minimum absolute atomic E-state index is 0.505. The zero-order valence-electron chi connectivity index (χ0n) is 10.3. The molecule has 0 aromatic heterocycles. The molecule has 2 rings (SSSR count). The highest BCUT2D eigenvalue weighted by atomic mass is 15.1. The van der Waals surface area contributed by atoms with Crippen LogP contribution >= 0.6 is 0 Å². The molecule has 1 fully saturated rings. The Morgan fingerprint density at radius 3 is 2.88 bits per heavy atom. The molecule has 4 nitrogen and oxygen atoms in total. The number of benzene rings is 1. The van der Waals surface area contributed by atoms with Gasteiger partial charge in [-0.3, -0.25) is 4.99 Å². The van der Waals surface area contributed by atoms with Gasteiger partial charge >= 0.3 is 0 Å². The van der Waals surface area contributed by atoms with Crippen molar-refractivity contribution in [3.8, 4) is 0 Å². The summed E-state index contributed by atoms with van der Waals surface area (Å²) in [6, 6.07) is 9.88. The van der Waals surface area contributed by atoms with E-state index >= 15 is 0 Å². The molecule has 1 aromatic rings. The summed E-state index contributed by atoms with van der Waals surface area (Å²) in [5.41, 5.74) is 6.83. The summed E-state index contributed by atoms with van der Waals surface area (Å²) >= 11 is 0. The number of nitrogens with two attached hydrogens (primary N) is 1. The first-order chi connectivity index (χ1) is 8.24. The van der Waals surface area contributed by atoms with Gasteiger partial charge in [0.15, 0.2) is 5.96 Å². The zero-order valence-corrected chi connectivity index (χ0v) is 10.3. The van der Waals surface area contributed by atoms with Gasteiger partial charge in [-0.15, -0.1) is 0 Å². The highest BCUT2D eigenvalue weighted by Crippen LogP contribution is 2.14. The summed E-state index contributed by atoms with van der Waals surface area (Å²) in [6.07, 6.45) is 1.22. The molecule has 1 aliphatic rings. The van der Waals surface area contributed by atoms with Crippen LogP contribution in [0.4, 0.5) is 5.69 Å². The molecule has 1 heterocycles. The van der Waals surface area contributed by atoms with Crippen LogP contribution in [0.15, 0.2) is 35.3 Å². The van der Waals surface area contributed by atoms with Gasteiger partial charge in [-0.05, 0) is 38.1 Å². The normalized spacial score (nSPS) is 21.7. The first kappa shape index (κ1) is 11.9. The number of likely N-dealkylation sites (tertiary alicyclic amines) is 1. The molecular formula is C13H20N4. The monoisotopic (exact) mass is 232 g/mol. The third kappa shape index (κ3) is 3.75. The predicted molar refractivity (Wildman–Crippen MR) is 72.2 cm³/mol. The van der Waals surface area contributed by atoms with E-state index in [2.05, 4.69) is 22.3 Å². The summed E-state index contributed by atoms with van der Waals surface area (Å²) in [7, 11) is 2.15. The number of guanidine groups is 1. The lowest BCUT2D eigenvalue weighted by atomic mass is 10.1. The predicted octanol–water partition coefficient (Wildman–Crippen LogP) is 1.36. The van der Waals surface area contributed by atoms with Gasteiger partial charge in [-0.25, -0.2) is 0 Å². The number of hydrogen-bond donors (Lipinski definition) is 2. The molecule has 0 radical (unpaired) electrons. The molecule has 1 aromatic carbocycles. The zero-order chi connectivity index (χ0) is 12.1. The summed E-state index contributed by atoms with van der Waals surface area (Å²) < 4.78 is 0. The van der Waals surface area contributed by atoms with E-state index in [1.165, 1.54) is 13.0 Å². The number of aliphatic imine (C=N–C) groups is 1. The Morgan fingerprint density at radius 2 is 2.24 bits per heavy atom. The van der Waals surface area contributed by atoms with Crippen molar-refractivity contribution in [1.29, 1.82) is 0 Å². The van der Waals surface area contributed by atoms with Crippen molar-refractivity contribution in [3.63, 3.8) is 0 Å². The first-order valence-electron chi connectivity index (χ1n) is 6.04. The van der Waals surface area contributed by atoms with Crippen molar-refractivity contribution in [1.82, 2.24) is 4.90 Å². The van der Waals surface area contributed by atoms with Crippen LogP contribution in [0.3, 0.4) is 0 Å². The quantitative estimate of drug-likeness (QED) is 0.611. The lowest BCUT2D eigenvalue weighted by molar-refractivity contribution is 0.397. The van der Waals surface area contributed by atoms with Crippen molar-refractivity contribution in [3.05, 3.63) is 30.3 Å². The van der Waals surface area contributed by atoms with Crippen molar-refractivity contribution in [2.75, 3.05) is 32.0 Å². The molecule has 0 saturated carbocycles. The number of nitrogens with zero attached hydrogens (tertiary/aromatic N) is 2.